The van der Waals surface area contributed by atoms with Crippen molar-refractivity contribution in [3.05, 3.63) is 55.6 Å². The van der Waals surface area contributed by atoms with Gasteiger partial charge in [-0.1, -0.05) is 29.3 Å². The van der Waals surface area contributed by atoms with Crippen LogP contribution in [0, 0.1) is 9.39 Å². The molecule has 0 fully saturated rings. The number of nitrogens with zero attached hydrogens (tertiary/aromatic N) is 2. The molecule has 1 aromatic heterocycles. The first-order chi connectivity index (χ1) is 10.0. The zero-order valence-corrected chi connectivity index (χ0v) is 14.8. The number of hydrogen-bond acceptors (Lipinski definition) is 1. The summed E-state index contributed by atoms with van der Waals surface area (Å²) in [4.78, 5) is 4.43. The second kappa shape index (κ2) is 5.91. The van der Waals surface area contributed by atoms with Gasteiger partial charge in [-0.2, -0.15) is 0 Å². The Morgan fingerprint density at radius 3 is 2.48 bits per heavy atom. The van der Waals surface area contributed by atoms with Gasteiger partial charge in [-0.05, 0) is 40.8 Å². The maximum atomic E-state index is 13.9. The normalized spacial score (nSPS) is 11.3. The van der Waals surface area contributed by atoms with Crippen LogP contribution >= 0.6 is 57.4 Å². The molecule has 0 amide bonds. The largest absolute Gasteiger partial charge is 0.292 e. The van der Waals surface area contributed by atoms with E-state index in [0.717, 1.165) is 0 Å². The Labute approximate surface area is 149 Å². The molecule has 2 aromatic carbocycles. The Bertz CT molecular complexity index is 828. The average Bonchev–Trinajstić information content (AvgIpc) is 2.77. The summed E-state index contributed by atoms with van der Waals surface area (Å²) in [5.74, 6) is 0.394. The molecule has 0 aliphatic heterocycles. The smallest absolute Gasteiger partial charge is 0.138 e. The Kier molecular flexibility index (Phi) is 4.32. The van der Waals surface area contributed by atoms with E-state index in [1.165, 1.54) is 6.07 Å². The van der Waals surface area contributed by atoms with Gasteiger partial charge in [-0.3, -0.25) is 4.57 Å². The van der Waals surface area contributed by atoms with Crippen molar-refractivity contribution >= 4 is 68.4 Å². The Balaban J connectivity index is 2.43. The topological polar surface area (TPSA) is 17.8 Å². The summed E-state index contributed by atoms with van der Waals surface area (Å²) >= 11 is 20.4. The standard InChI is InChI=1S/C14H7Cl3FIN2/c15-6-13-20-11-5-10(19)9(18)4-12(11)21(13)14-7(16)2-1-3-8(14)17/h1-5H,6H2. The molecule has 0 N–H and O–H groups in total. The lowest BCUT2D eigenvalue weighted by atomic mass is 10.2. The fourth-order valence-electron chi connectivity index (χ4n) is 2.16. The van der Waals surface area contributed by atoms with Crippen LogP contribution in [0.4, 0.5) is 4.39 Å². The molecular formula is C14H7Cl3FIN2. The number of imidazole rings is 1. The van der Waals surface area contributed by atoms with Crippen LogP contribution in [0.3, 0.4) is 0 Å². The highest BCUT2D eigenvalue weighted by molar-refractivity contribution is 14.1. The molecule has 2 nitrogen and oxygen atoms in total. The fourth-order valence-corrected chi connectivity index (χ4v) is 3.36. The summed E-state index contributed by atoms with van der Waals surface area (Å²) in [5, 5.41) is 0.902. The summed E-state index contributed by atoms with van der Waals surface area (Å²) in [6, 6.07) is 8.27. The lowest BCUT2D eigenvalue weighted by Gasteiger charge is -2.12. The van der Waals surface area contributed by atoms with Crippen molar-refractivity contribution in [2.24, 2.45) is 0 Å². The molecule has 0 atom stereocenters. The molecule has 3 rings (SSSR count). The molecular weight excluding hydrogens is 448 g/mol. The van der Waals surface area contributed by atoms with Crippen LogP contribution in [-0.2, 0) is 5.88 Å². The van der Waals surface area contributed by atoms with Gasteiger partial charge in [-0.25, -0.2) is 9.37 Å². The van der Waals surface area contributed by atoms with Gasteiger partial charge in [0.15, 0.2) is 0 Å². The van der Waals surface area contributed by atoms with Gasteiger partial charge in [0, 0.05) is 6.07 Å². The highest BCUT2D eigenvalue weighted by Crippen LogP contribution is 2.33. The van der Waals surface area contributed by atoms with Crippen LogP contribution in [0.5, 0.6) is 0 Å². The van der Waals surface area contributed by atoms with Gasteiger partial charge >= 0.3 is 0 Å². The monoisotopic (exact) mass is 454 g/mol. The molecule has 0 aliphatic rings. The van der Waals surface area contributed by atoms with E-state index in [9.17, 15) is 4.39 Å². The quantitative estimate of drug-likeness (QED) is 0.352. The first kappa shape index (κ1) is 15.3. The maximum Gasteiger partial charge on any atom is 0.138 e. The van der Waals surface area contributed by atoms with Crippen molar-refractivity contribution in [2.45, 2.75) is 5.88 Å². The van der Waals surface area contributed by atoms with Gasteiger partial charge in [0.05, 0.1) is 36.2 Å². The zero-order chi connectivity index (χ0) is 15.1. The SMILES string of the molecule is Fc1cc2c(cc1I)nc(CCl)n2-c1c(Cl)cccc1Cl. The number of hydrogen-bond donors (Lipinski definition) is 0. The third-order valence-corrected chi connectivity index (χ3v) is 4.72. The van der Waals surface area contributed by atoms with Crippen molar-refractivity contribution in [2.75, 3.05) is 0 Å². The highest BCUT2D eigenvalue weighted by Gasteiger charge is 2.18. The number of fused-ring (bicyclic) bond motifs is 1. The molecule has 0 saturated heterocycles. The number of halogens is 5. The van der Waals surface area contributed by atoms with E-state index >= 15 is 0 Å². The Morgan fingerprint density at radius 2 is 1.86 bits per heavy atom. The van der Waals surface area contributed by atoms with Gasteiger partial charge in [0.1, 0.15) is 11.6 Å². The van der Waals surface area contributed by atoms with Gasteiger partial charge in [0.2, 0.25) is 0 Å². The van der Waals surface area contributed by atoms with Crippen LogP contribution < -0.4 is 0 Å². The van der Waals surface area contributed by atoms with Crippen LogP contribution in [0.25, 0.3) is 16.7 Å². The number of aromatic nitrogens is 2. The minimum absolute atomic E-state index is 0.161. The summed E-state index contributed by atoms with van der Waals surface area (Å²) in [7, 11) is 0. The second-order valence-electron chi connectivity index (χ2n) is 4.32. The molecule has 0 saturated carbocycles. The molecule has 0 aliphatic carbocycles. The van der Waals surface area contributed by atoms with Gasteiger partial charge in [-0.15, -0.1) is 11.6 Å². The minimum atomic E-state index is -0.325. The van der Waals surface area contributed by atoms with E-state index in [0.29, 0.717) is 36.2 Å². The van der Waals surface area contributed by atoms with Crippen LogP contribution in [0.15, 0.2) is 30.3 Å². The molecule has 0 spiro atoms. The van der Waals surface area contributed by atoms with Crippen LogP contribution in [-0.4, -0.2) is 9.55 Å². The number of rotatable bonds is 2. The van der Waals surface area contributed by atoms with E-state index in [1.54, 1.807) is 28.8 Å². The summed E-state index contributed by atoms with van der Waals surface area (Å²) in [6.45, 7) is 0. The third kappa shape index (κ3) is 2.63. The lowest BCUT2D eigenvalue weighted by molar-refractivity contribution is 0.622. The second-order valence-corrected chi connectivity index (χ2v) is 6.57. The van der Waals surface area contributed by atoms with E-state index in [-0.39, 0.29) is 11.7 Å². The van der Waals surface area contributed by atoms with E-state index in [1.807, 2.05) is 22.6 Å². The van der Waals surface area contributed by atoms with Crippen molar-refractivity contribution in [3.63, 3.8) is 0 Å². The highest BCUT2D eigenvalue weighted by atomic mass is 127. The summed E-state index contributed by atoms with van der Waals surface area (Å²) in [6.07, 6.45) is 0. The predicted molar refractivity (Wildman–Crippen MR) is 93.3 cm³/mol. The first-order valence-electron chi connectivity index (χ1n) is 5.89. The van der Waals surface area contributed by atoms with Crippen molar-refractivity contribution in [1.29, 1.82) is 0 Å². The van der Waals surface area contributed by atoms with Gasteiger partial charge in [0.25, 0.3) is 0 Å². The lowest BCUT2D eigenvalue weighted by Crippen LogP contribution is -2.01. The molecule has 21 heavy (non-hydrogen) atoms. The molecule has 0 unspecified atom stereocenters. The van der Waals surface area contributed by atoms with Crippen LogP contribution in [0.1, 0.15) is 5.82 Å². The fraction of sp³-hybridized carbons (Fsp3) is 0.0714. The molecule has 1 heterocycles. The zero-order valence-electron chi connectivity index (χ0n) is 10.4. The third-order valence-electron chi connectivity index (χ3n) is 3.05. The summed E-state index contributed by atoms with van der Waals surface area (Å²) < 4.78 is 16.1. The molecule has 108 valence electrons. The van der Waals surface area contributed by atoms with Crippen molar-refractivity contribution in [1.82, 2.24) is 9.55 Å². The molecule has 7 heteroatoms. The minimum Gasteiger partial charge on any atom is -0.292 e. The number of alkyl halides is 1. The molecule has 0 bridgehead atoms. The summed E-state index contributed by atoms with van der Waals surface area (Å²) in [5.41, 5.74) is 1.78. The van der Waals surface area contributed by atoms with Crippen LogP contribution in [0.2, 0.25) is 10.0 Å². The number of benzene rings is 2. The predicted octanol–water partition coefficient (Wildman–Crippen LogP) is 5.81. The van der Waals surface area contributed by atoms with E-state index in [4.69, 9.17) is 34.8 Å². The molecule has 3 aromatic rings. The van der Waals surface area contributed by atoms with E-state index in [2.05, 4.69) is 4.98 Å². The maximum absolute atomic E-state index is 13.9. The number of para-hydroxylation sites is 1. The van der Waals surface area contributed by atoms with E-state index < -0.39 is 0 Å². The Morgan fingerprint density at radius 1 is 1.19 bits per heavy atom. The van der Waals surface area contributed by atoms with Crippen molar-refractivity contribution in [3.8, 4) is 5.69 Å². The first-order valence-corrected chi connectivity index (χ1v) is 8.26. The molecule has 0 radical (unpaired) electrons. The van der Waals surface area contributed by atoms with Crippen molar-refractivity contribution < 1.29 is 4.39 Å². The van der Waals surface area contributed by atoms with Gasteiger partial charge < -0.3 is 0 Å². The average molecular weight is 455 g/mol. The Hall–Kier alpha value is -0.560.